The summed E-state index contributed by atoms with van der Waals surface area (Å²) < 4.78 is 10.6. The number of rotatable bonds is 10. The number of benzene rings is 2. The molecule has 39 heavy (non-hydrogen) atoms. The van der Waals surface area contributed by atoms with E-state index >= 15 is 0 Å². The molecule has 1 heterocycles. The Labute approximate surface area is 228 Å². The predicted molar refractivity (Wildman–Crippen MR) is 142 cm³/mol. The topological polar surface area (TPSA) is 131 Å². The van der Waals surface area contributed by atoms with Gasteiger partial charge in [-0.25, -0.2) is 4.79 Å². The minimum absolute atomic E-state index is 0.00588. The standard InChI is InChI=1S/C29H35N3O7/c1-29(2,3)39-24(33)18-32(27(36)25(34)22-15-10-16-30-22)26(35)23(17-20-11-6-4-7-12-20)31-28(37)38-19-21-13-8-5-9-14-21/h4-9,11-14,22-23,30H,10,15-19H2,1-3H3,(H,31,37)/t22?,23-/m0/s1. The highest BCUT2D eigenvalue weighted by Crippen LogP contribution is 2.14. The fourth-order valence-corrected chi connectivity index (χ4v) is 4.09. The van der Waals surface area contributed by atoms with Crippen LogP contribution in [0.5, 0.6) is 0 Å². The van der Waals surface area contributed by atoms with E-state index < -0.39 is 53.9 Å². The van der Waals surface area contributed by atoms with Gasteiger partial charge in [0.15, 0.2) is 0 Å². The van der Waals surface area contributed by atoms with Gasteiger partial charge in [0.05, 0.1) is 6.04 Å². The van der Waals surface area contributed by atoms with Crippen LogP contribution in [0.4, 0.5) is 4.79 Å². The van der Waals surface area contributed by atoms with Gasteiger partial charge in [0.2, 0.25) is 5.78 Å². The molecule has 2 atom stereocenters. The highest BCUT2D eigenvalue weighted by Gasteiger charge is 2.39. The maximum atomic E-state index is 13.8. The normalized spacial score (nSPS) is 15.6. The van der Waals surface area contributed by atoms with Crippen LogP contribution in [-0.4, -0.2) is 65.3 Å². The zero-order valence-electron chi connectivity index (χ0n) is 22.5. The molecule has 1 saturated heterocycles. The van der Waals surface area contributed by atoms with Gasteiger partial charge in [-0.2, -0.15) is 0 Å². The second-order valence-electron chi connectivity index (χ2n) is 10.3. The number of amides is 3. The van der Waals surface area contributed by atoms with Crippen LogP contribution in [0.15, 0.2) is 60.7 Å². The molecule has 1 unspecified atom stereocenters. The number of ketones is 1. The largest absolute Gasteiger partial charge is 0.459 e. The number of Topliss-reactive ketones (excluding diaryl/α,β-unsaturated/α-hetero) is 1. The smallest absolute Gasteiger partial charge is 0.408 e. The fraction of sp³-hybridized carbons (Fsp3) is 0.414. The van der Waals surface area contributed by atoms with E-state index in [1.54, 1.807) is 75.4 Å². The van der Waals surface area contributed by atoms with Crippen molar-refractivity contribution in [1.82, 2.24) is 15.5 Å². The maximum Gasteiger partial charge on any atom is 0.408 e. The Bertz CT molecular complexity index is 1160. The zero-order chi connectivity index (χ0) is 28.4. The van der Waals surface area contributed by atoms with Crippen molar-refractivity contribution in [2.24, 2.45) is 0 Å². The Kier molecular flexibility index (Phi) is 10.3. The Morgan fingerprint density at radius 3 is 2.15 bits per heavy atom. The highest BCUT2D eigenvalue weighted by atomic mass is 16.6. The number of nitrogens with one attached hydrogen (secondary N) is 2. The number of hydrogen-bond donors (Lipinski definition) is 2. The maximum absolute atomic E-state index is 13.8. The van der Waals surface area contributed by atoms with Gasteiger partial charge in [0, 0.05) is 6.42 Å². The second kappa shape index (κ2) is 13.7. The van der Waals surface area contributed by atoms with E-state index in [9.17, 15) is 24.0 Å². The molecule has 2 N–H and O–H groups in total. The quantitative estimate of drug-likeness (QED) is 0.349. The summed E-state index contributed by atoms with van der Waals surface area (Å²) in [5.41, 5.74) is 0.553. The summed E-state index contributed by atoms with van der Waals surface area (Å²) in [6.07, 6.45) is 0.251. The average molecular weight is 538 g/mol. The highest BCUT2D eigenvalue weighted by molar-refractivity contribution is 6.41. The third-order valence-corrected chi connectivity index (χ3v) is 5.89. The number of imide groups is 1. The summed E-state index contributed by atoms with van der Waals surface area (Å²) in [6, 6.07) is 15.8. The molecule has 3 rings (SSSR count). The van der Waals surface area contributed by atoms with Gasteiger partial charge in [-0.3, -0.25) is 24.1 Å². The summed E-state index contributed by atoms with van der Waals surface area (Å²) in [6.45, 7) is 4.69. The molecule has 0 aromatic heterocycles. The van der Waals surface area contributed by atoms with Crippen molar-refractivity contribution in [3.8, 4) is 0 Å². The molecule has 0 saturated carbocycles. The summed E-state index contributed by atoms with van der Waals surface area (Å²) in [4.78, 5) is 66.0. The molecule has 3 amide bonds. The summed E-state index contributed by atoms with van der Waals surface area (Å²) in [5.74, 6) is -3.74. The van der Waals surface area contributed by atoms with Crippen LogP contribution in [-0.2, 0) is 41.7 Å². The number of carbonyl (C=O) groups excluding carboxylic acids is 5. The van der Waals surface area contributed by atoms with E-state index in [2.05, 4.69) is 10.6 Å². The molecule has 0 bridgehead atoms. The summed E-state index contributed by atoms with van der Waals surface area (Å²) in [7, 11) is 0. The lowest BCUT2D eigenvalue weighted by Crippen LogP contribution is -2.56. The Hall–Kier alpha value is -4.05. The molecule has 1 aliphatic heterocycles. The van der Waals surface area contributed by atoms with Crippen molar-refractivity contribution >= 4 is 29.7 Å². The molecule has 2 aromatic carbocycles. The third kappa shape index (κ3) is 9.33. The fourth-order valence-electron chi connectivity index (χ4n) is 4.09. The zero-order valence-corrected chi connectivity index (χ0v) is 22.5. The first kappa shape index (κ1) is 29.5. The Morgan fingerprint density at radius 2 is 1.59 bits per heavy atom. The van der Waals surface area contributed by atoms with Crippen molar-refractivity contribution in [3.05, 3.63) is 71.8 Å². The molecule has 1 fully saturated rings. The first-order valence-corrected chi connectivity index (χ1v) is 12.9. The van der Waals surface area contributed by atoms with Crippen molar-refractivity contribution in [3.63, 3.8) is 0 Å². The van der Waals surface area contributed by atoms with Crippen LogP contribution in [0.1, 0.15) is 44.7 Å². The number of esters is 1. The Morgan fingerprint density at radius 1 is 0.974 bits per heavy atom. The Balaban J connectivity index is 1.84. The predicted octanol–water partition coefficient (Wildman–Crippen LogP) is 2.54. The first-order chi connectivity index (χ1) is 18.5. The molecule has 10 heteroatoms. The van der Waals surface area contributed by atoms with Gasteiger partial charge in [-0.05, 0) is 51.3 Å². The molecular weight excluding hydrogens is 502 g/mol. The van der Waals surface area contributed by atoms with E-state index in [0.717, 1.165) is 5.56 Å². The van der Waals surface area contributed by atoms with Gasteiger partial charge >= 0.3 is 12.1 Å². The van der Waals surface area contributed by atoms with Gasteiger partial charge in [-0.15, -0.1) is 0 Å². The molecule has 2 aromatic rings. The summed E-state index contributed by atoms with van der Waals surface area (Å²) >= 11 is 0. The minimum atomic E-state index is -1.30. The van der Waals surface area contributed by atoms with E-state index in [1.165, 1.54) is 0 Å². The monoisotopic (exact) mass is 537 g/mol. The van der Waals surface area contributed by atoms with E-state index in [1.807, 2.05) is 6.07 Å². The summed E-state index contributed by atoms with van der Waals surface area (Å²) in [5, 5.41) is 5.46. The first-order valence-electron chi connectivity index (χ1n) is 12.9. The second-order valence-corrected chi connectivity index (χ2v) is 10.3. The van der Waals surface area contributed by atoms with Crippen molar-refractivity contribution in [2.45, 2.75) is 64.3 Å². The van der Waals surface area contributed by atoms with Crippen molar-refractivity contribution in [2.75, 3.05) is 13.1 Å². The van der Waals surface area contributed by atoms with E-state index in [0.29, 0.717) is 29.8 Å². The van der Waals surface area contributed by atoms with Gasteiger partial charge in [-0.1, -0.05) is 60.7 Å². The number of nitrogens with zero attached hydrogens (tertiary/aromatic N) is 1. The lowest BCUT2D eigenvalue weighted by Gasteiger charge is -2.27. The average Bonchev–Trinajstić information content (AvgIpc) is 3.44. The van der Waals surface area contributed by atoms with Gasteiger partial charge in [0.25, 0.3) is 11.8 Å². The van der Waals surface area contributed by atoms with E-state index in [4.69, 9.17) is 9.47 Å². The van der Waals surface area contributed by atoms with Crippen LogP contribution < -0.4 is 10.6 Å². The minimum Gasteiger partial charge on any atom is -0.459 e. The molecule has 0 aliphatic carbocycles. The van der Waals surface area contributed by atoms with Crippen molar-refractivity contribution in [1.29, 1.82) is 0 Å². The van der Waals surface area contributed by atoms with Gasteiger partial charge < -0.3 is 20.1 Å². The number of alkyl carbamates (subject to hydrolysis) is 1. The van der Waals surface area contributed by atoms with Gasteiger partial charge in [0.1, 0.15) is 24.8 Å². The van der Waals surface area contributed by atoms with Crippen LogP contribution in [0.2, 0.25) is 0 Å². The molecule has 0 spiro atoms. The lowest BCUT2D eigenvalue weighted by molar-refractivity contribution is -0.164. The molecule has 0 radical (unpaired) electrons. The third-order valence-electron chi connectivity index (χ3n) is 5.89. The lowest BCUT2D eigenvalue weighted by atomic mass is 10.0. The van der Waals surface area contributed by atoms with Crippen LogP contribution >= 0.6 is 0 Å². The molecule has 10 nitrogen and oxygen atoms in total. The SMILES string of the molecule is CC(C)(C)OC(=O)CN(C(=O)C(=O)C1CCCN1)C(=O)[C@H](Cc1ccccc1)NC(=O)OCc1ccccc1. The molecule has 1 aliphatic rings. The molecular formula is C29H35N3O7. The number of ether oxygens (including phenoxy) is 2. The van der Waals surface area contributed by atoms with Crippen molar-refractivity contribution < 1.29 is 33.4 Å². The number of hydrogen-bond acceptors (Lipinski definition) is 8. The van der Waals surface area contributed by atoms with E-state index in [-0.39, 0.29) is 13.0 Å². The molecule has 208 valence electrons. The number of carbonyl (C=O) groups is 5. The van der Waals surface area contributed by atoms with Crippen LogP contribution in [0.3, 0.4) is 0 Å². The van der Waals surface area contributed by atoms with Crippen LogP contribution in [0.25, 0.3) is 0 Å². The van der Waals surface area contributed by atoms with Crippen LogP contribution in [0, 0.1) is 0 Å².